The molecule has 1 N–H and O–H groups in total. The lowest BCUT2D eigenvalue weighted by Crippen LogP contribution is -2.39. The number of amides is 1. The summed E-state index contributed by atoms with van der Waals surface area (Å²) in [5.74, 6) is 0.390. The Bertz CT molecular complexity index is 1110. The molecule has 3 heterocycles. The fraction of sp³-hybridized carbons (Fsp3) is 0.500. The van der Waals surface area contributed by atoms with Crippen LogP contribution in [0.15, 0.2) is 29.1 Å². The highest BCUT2D eigenvalue weighted by molar-refractivity contribution is 5.76. The highest BCUT2D eigenvalue weighted by Gasteiger charge is 2.27. The molecule has 1 fully saturated rings. The van der Waals surface area contributed by atoms with E-state index in [0.717, 1.165) is 44.2 Å². The molecule has 1 aliphatic rings. The number of fused-ring (bicyclic) bond motifs is 1. The van der Waals surface area contributed by atoms with Gasteiger partial charge in [0.05, 0.1) is 6.54 Å². The molecule has 0 spiro atoms. The Kier molecular flexibility index (Phi) is 6.39. The van der Waals surface area contributed by atoms with Gasteiger partial charge >= 0.3 is 0 Å². The van der Waals surface area contributed by atoms with Crippen molar-refractivity contribution in [3.63, 3.8) is 0 Å². The van der Waals surface area contributed by atoms with Gasteiger partial charge in [0.2, 0.25) is 5.91 Å². The minimum Gasteiger partial charge on any atom is -0.342 e. The number of nitrogens with zero attached hydrogens (tertiary/aromatic N) is 5. The fourth-order valence-electron chi connectivity index (χ4n) is 4.06. The third-order valence-corrected chi connectivity index (χ3v) is 5.79. The Morgan fingerprint density at radius 1 is 1.26 bits per heavy atom. The molecule has 1 aromatic carbocycles. The topological polar surface area (TPSA) is 96.8 Å². The van der Waals surface area contributed by atoms with Gasteiger partial charge in [-0.3, -0.25) is 9.59 Å². The first-order valence-electron chi connectivity index (χ1n) is 10.9. The van der Waals surface area contributed by atoms with Crippen LogP contribution < -0.4 is 5.56 Å². The van der Waals surface area contributed by atoms with Gasteiger partial charge in [0, 0.05) is 25.4 Å². The van der Waals surface area contributed by atoms with Crippen LogP contribution in [-0.2, 0) is 11.3 Å². The van der Waals surface area contributed by atoms with Gasteiger partial charge in [0.25, 0.3) is 5.56 Å². The molecule has 1 atom stereocenters. The van der Waals surface area contributed by atoms with Gasteiger partial charge in [-0.05, 0) is 37.0 Å². The summed E-state index contributed by atoms with van der Waals surface area (Å²) in [4.78, 5) is 34.6. The molecule has 31 heavy (non-hydrogen) atoms. The van der Waals surface area contributed by atoms with E-state index in [-0.39, 0.29) is 28.7 Å². The first kappa shape index (κ1) is 21.1. The number of unbranched alkanes of at least 4 members (excludes halogenated alkanes) is 2. The summed E-state index contributed by atoms with van der Waals surface area (Å²) in [6.45, 7) is 3.76. The van der Waals surface area contributed by atoms with Crippen LogP contribution in [-0.4, -0.2) is 48.9 Å². The Hall–Kier alpha value is -3.10. The minimum absolute atomic E-state index is 0.0323. The Morgan fingerprint density at radius 3 is 2.84 bits per heavy atom. The predicted molar refractivity (Wildman–Crippen MR) is 114 cm³/mol. The van der Waals surface area contributed by atoms with Crippen molar-refractivity contribution in [1.29, 1.82) is 0 Å². The second-order valence-corrected chi connectivity index (χ2v) is 8.13. The smallest absolute Gasteiger partial charge is 0.281 e. The number of benzene rings is 1. The molecular formula is C22H27FN6O2. The summed E-state index contributed by atoms with van der Waals surface area (Å²) in [6.07, 6.45) is 5.34. The van der Waals surface area contributed by atoms with Gasteiger partial charge in [0.15, 0.2) is 11.2 Å². The Balaban J connectivity index is 1.55. The molecule has 0 saturated carbocycles. The predicted octanol–water partition coefficient (Wildman–Crippen LogP) is 2.99. The number of hydrogen-bond acceptors (Lipinski definition) is 5. The van der Waals surface area contributed by atoms with E-state index in [1.807, 2.05) is 4.90 Å². The van der Waals surface area contributed by atoms with Crippen molar-refractivity contribution in [3.05, 3.63) is 51.8 Å². The lowest BCUT2D eigenvalue weighted by molar-refractivity contribution is -0.132. The lowest BCUT2D eigenvalue weighted by Gasteiger charge is -2.32. The Labute approximate surface area is 179 Å². The van der Waals surface area contributed by atoms with Crippen LogP contribution in [0.5, 0.6) is 0 Å². The van der Waals surface area contributed by atoms with Crippen molar-refractivity contribution in [2.45, 2.75) is 57.9 Å². The van der Waals surface area contributed by atoms with E-state index in [1.165, 1.54) is 12.1 Å². The number of rotatable bonds is 7. The second kappa shape index (κ2) is 9.36. The standard InChI is InChI=1S/C22H27FN6O2/c1-2-3-4-7-18(30)28-12-5-6-16(14-28)20-24-21-19(22(31)25-20)26-27-29(21)13-15-8-10-17(23)11-9-15/h8-11,16H,2-7,12-14H2,1H3,(H,24,25,31)/t16-/m1/s1. The minimum atomic E-state index is -0.336. The van der Waals surface area contributed by atoms with E-state index >= 15 is 0 Å². The number of carbonyl (C=O) groups excluding carboxylic acids is 1. The van der Waals surface area contributed by atoms with Crippen LogP contribution in [0.4, 0.5) is 4.39 Å². The monoisotopic (exact) mass is 426 g/mol. The first-order chi connectivity index (χ1) is 15.0. The number of H-pyrrole nitrogens is 1. The molecule has 1 amide bonds. The zero-order valence-corrected chi connectivity index (χ0v) is 17.7. The SMILES string of the molecule is CCCCCC(=O)N1CCC[C@@H](c2nc3c(nnn3Cc3ccc(F)cc3)c(=O)[nH]2)C1. The molecule has 164 valence electrons. The molecule has 0 aliphatic carbocycles. The van der Waals surface area contributed by atoms with Crippen LogP contribution in [0.25, 0.3) is 11.2 Å². The van der Waals surface area contributed by atoms with E-state index in [2.05, 4.69) is 27.2 Å². The van der Waals surface area contributed by atoms with E-state index in [0.29, 0.717) is 31.0 Å². The number of likely N-dealkylation sites (tertiary alicyclic amines) is 1. The maximum Gasteiger partial charge on any atom is 0.281 e. The van der Waals surface area contributed by atoms with E-state index in [4.69, 9.17) is 0 Å². The van der Waals surface area contributed by atoms with Crippen molar-refractivity contribution in [2.75, 3.05) is 13.1 Å². The molecule has 0 bridgehead atoms. The van der Waals surface area contributed by atoms with Crippen LogP contribution in [0.3, 0.4) is 0 Å². The van der Waals surface area contributed by atoms with Gasteiger partial charge in [-0.25, -0.2) is 14.1 Å². The van der Waals surface area contributed by atoms with Crippen LogP contribution in [0.2, 0.25) is 0 Å². The highest BCUT2D eigenvalue weighted by Crippen LogP contribution is 2.25. The van der Waals surface area contributed by atoms with Gasteiger partial charge < -0.3 is 9.88 Å². The molecule has 9 heteroatoms. The van der Waals surface area contributed by atoms with Crippen molar-refractivity contribution < 1.29 is 9.18 Å². The number of piperidine rings is 1. The third kappa shape index (κ3) is 4.81. The number of halogens is 1. The molecule has 2 aromatic heterocycles. The average molecular weight is 426 g/mol. The Morgan fingerprint density at radius 2 is 2.06 bits per heavy atom. The zero-order chi connectivity index (χ0) is 21.8. The molecular weight excluding hydrogens is 399 g/mol. The summed E-state index contributed by atoms with van der Waals surface area (Å²) in [7, 11) is 0. The van der Waals surface area contributed by atoms with Crippen LogP contribution in [0.1, 0.15) is 62.8 Å². The molecule has 8 nitrogen and oxygen atoms in total. The second-order valence-electron chi connectivity index (χ2n) is 8.13. The zero-order valence-electron chi connectivity index (χ0n) is 17.7. The molecule has 3 aromatic rings. The molecule has 0 radical (unpaired) electrons. The quantitative estimate of drug-likeness (QED) is 0.586. The summed E-state index contributed by atoms with van der Waals surface area (Å²) >= 11 is 0. The molecule has 1 aliphatic heterocycles. The van der Waals surface area contributed by atoms with Crippen LogP contribution >= 0.6 is 0 Å². The summed E-state index contributed by atoms with van der Waals surface area (Å²) in [6, 6.07) is 6.10. The van der Waals surface area contributed by atoms with Crippen molar-refractivity contribution >= 4 is 17.1 Å². The van der Waals surface area contributed by atoms with Crippen LogP contribution in [0, 0.1) is 5.82 Å². The number of hydrogen-bond donors (Lipinski definition) is 1. The summed E-state index contributed by atoms with van der Waals surface area (Å²) in [5.41, 5.74) is 1.07. The molecule has 4 rings (SSSR count). The highest BCUT2D eigenvalue weighted by atomic mass is 19.1. The van der Waals surface area contributed by atoms with Gasteiger partial charge in [0.1, 0.15) is 11.6 Å². The average Bonchev–Trinajstić information content (AvgIpc) is 3.19. The summed E-state index contributed by atoms with van der Waals surface area (Å²) in [5, 5.41) is 8.04. The van der Waals surface area contributed by atoms with Gasteiger partial charge in [-0.2, -0.15) is 0 Å². The van der Waals surface area contributed by atoms with E-state index in [9.17, 15) is 14.0 Å². The van der Waals surface area contributed by atoms with Crippen molar-refractivity contribution in [1.82, 2.24) is 29.9 Å². The third-order valence-electron chi connectivity index (χ3n) is 5.79. The maximum absolute atomic E-state index is 13.2. The van der Waals surface area contributed by atoms with E-state index < -0.39 is 0 Å². The fourth-order valence-corrected chi connectivity index (χ4v) is 4.06. The van der Waals surface area contributed by atoms with Crippen molar-refractivity contribution in [3.8, 4) is 0 Å². The van der Waals surface area contributed by atoms with Gasteiger partial charge in [-0.15, -0.1) is 5.10 Å². The molecule has 1 saturated heterocycles. The maximum atomic E-state index is 13.2. The number of aromatic amines is 1. The van der Waals surface area contributed by atoms with Crippen molar-refractivity contribution in [2.24, 2.45) is 0 Å². The normalized spacial score (nSPS) is 16.7. The first-order valence-corrected chi connectivity index (χ1v) is 10.9. The van der Waals surface area contributed by atoms with E-state index in [1.54, 1.807) is 16.8 Å². The lowest BCUT2D eigenvalue weighted by atomic mass is 9.96. The molecule has 0 unspecified atom stereocenters. The number of carbonyl (C=O) groups is 1. The largest absolute Gasteiger partial charge is 0.342 e. The van der Waals surface area contributed by atoms with Gasteiger partial charge in [-0.1, -0.05) is 37.1 Å². The summed E-state index contributed by atoms with van der Waals surface area (Å²) < 4.78 is 14.7. The number of nitrogens with one attached hydrogen (secondary N) is 1. The number of aromatic nitrogens is 5.